The van der Waals surface area contributed by atoms with Gasteiger partial charge in [-0.3, -0.25) is 9.48 Å². The summed E-state index contributed by atoms with van der Waals surface area (Å²) in [7, 11) is 4.00. The van der Waals surface area contributed by atoms with Crippen LogP contribution in [0.3, 0.4) is 0 Å². The van der Waals surface area contributed by atoms with Gasteiger partial charge in [-0.2, -0.15) is 5.10 Å². The molecule has 0 radical (unpaired) electrons. The monoisotopic (exact) mass is 328 g/mol. The number of aryl methyl sites for hydroxylation is 2. The highest BCUT2D eigenvalue weighted by atomic mass is 16.3. The van der Waals surface area contributed by atoms with Crippen LogP contribution >= 0.6 is 0 Å². The lowest BCUT2D eigenvalue weighted by Gasteiger charge is -2.23. The molecule has 128 valence electrons. The Morgan fingerprint density at radius 3 is 2.75 bits per heavy atom. The summed E-state index contributed by atoms with van der Waals surface area (Å²) in [4.78, 5) is 17.5. The molecule has 0 N–H and O–H groups in total. The lowest BCUT2D eigenvalue weighted by atomic mass is 9.83. The maximum absolute atomic E-state index is 13.1. The van der Waals surface area contributed by atoms with Crippen molar-refractivity contribution < 1.29 is 9.21 Å². The highest BCUT2D eigenvalue weighted by Gasteiger charge is 2.49. The number of hydrogen-bond donors (Lipinski definition) is 0. The molecule has 4 rings (SSSR count). The Kier molecular flexibility index (Phi) is 3.35. The quantitative estimate of drug-likeness (QED) is 0.846. The molecule has 6 nitrogen and oxygen atoms in total. The second-order valence-electron chi connectivity index (χ2n) is 7.71. The van der Waals surface area contributed by atoms with Crippen molar-refractivity contribution in [2.75, 3.05) is 33.2 Å². The molecule has 6 heteroatoms. The van der Waals surface area contributed by atoms with E-state index < -0.39 is 0 Å². The standard InChI is InChI=1S/C18H24N4O2/c1-12-5-6-15(24-12)16-14(9-21(4)19-16)17(23)22-8-13-7-20(3)10-18(13,2)11-22/h5-6,9,13H,7-8,10-11H2,1-4H3/t13-,18+/m1/s1. The summed E-state index contributed by atoms with van der Waals surface area (Å²) in [6, 6.07) is 3.78. The molecule has 2 aromatic heterocycles. The van der Waals surface area contributed by atoms with Crippen LogP contribution in [0.15, 0.2) is 22.7 Å². The van der Waals surface area contributed by atoms with Crippen LogP contribution in [0.4, 0.5) is 0 Å². The van der Waals surface area contributed by atoms with Crippen molar-refractivity contribution in [3.63, 3.8) is 0 Å². The van der Waals surface area contributed by atoms with Crippen molar-refractivity contribution in [1.29, 1.82) is 0 Å². The Morgan fingerprint density at radius 2 is 2.08 bits per heavy atom. The van der Waals surface area contributed by atoms with Gasteiger partial charge in [0, 0.05) is 44.8 Å². The first kappa shape index (κ1) is 15.4. The summed E-state index contributed by atoms with van der Waals surface area (Å²) < 4.78 is 7.38. The number of fused-ring (bicyclic) bond motifs is 1. The van der Waals surface area contributed by atoms with Crippen molar-refractivity contribution in [2.24, 2.45) is 18.4 Å². The first-order valence-electron chi connectivity index (χ1n) is 8.44. The van der Waals surface area contributed by atoms with Crippen molar-refractivity contribution >= 4 is 5.91 Å². The van der Waals surface area contributed by atoms with Crippen LogP contribution in [0.1, 0.15) is 23.0 Å². The Morgan fingerprint density at radius 1 is 1.29 bits per heavy atom. The minimum atomic E-state index is 0.0606. The Bertz CT molecular complexity index is 793. The van der Waals surface area contributed by atoms with Gasteiger partial charge in [0.15, 0.2) is 5.76 Å². The van der Waals surface area contributed by atoms with Crippen LogP contribution in [-0.4, -0.2) is 58.7 Å². The predicted molar refractivity (Wildman–Crippen MR) is 90.6 cm³/mol. The predicted octanol–water partition coefficient (Wildman–Crippen LogP) is 2.01. The smallest absolute Gasteiger partial charge is 0.257 e. The molecule has 4 heterocycles. The SMILES string of the molecule is Cc1ccc(-c2nn(C)cc2C(=O)N2C[C@H]3CN(C)C[C@@]3(C)C2)o1. The van der Waals surface area contributed by atoms with Crippen LogP contribution in [0.5, 0.6) is 0 Å². The third-order valence-corrected chi connectivity index (χ3v) is 5.46. The Hall–Kier alpha value is -2.08. The number of carbonyl (C=O) groups excluding carboxylic acids is 1. The van der Waals surface area contributed by atoms with Gasteiger partial charge in [0.05, 0.1) is 5.56 Å². The summed E-state index contributed by atoms with van der Waals surface area (Å²) in [5, 5.41) is 4.46. The highest BCUT2D eigenvalue weighted by Crippen LogP contribution is 2.42. The first-order valence-corrected chi connectivity index (χ1v) is 8.44. The van der Waals surface area contributed by atoms with Crippen LogP contribution in [0.25, 0.3) is 11.5 Å². The van der Waals surface area contributed by atoms with E-state index in [9.17, 15) is 4.79 Å². The van der Waals surface area contributed by atoms with Gasteiger partial charge in [-0.05, 0) is 32.0 Å². The molecular formula is C18H24N4O2. The molecular weight excluding hydrogens is 304 g/mol. The minimum Gasteiger partial charge on any atom is -0.460 e. The number of furan rings is 1. The fourth-order valence-corrected chi connectivity index (χ4v) is 4.34. The zero-order chi connectivity index (χ0) is 17.1. The maximum atomic E-state index is 13.1. The second-order valence-corrected chi connectivity index (χ2v) is 7.71. The minimum absolute atomic E-state index is 0.0606. The summed E-state index contributed by atoms with van der Waals surface area (Å²) in [6.45, 7) is 7.95. The molecule has 0 aliphatic carbocycles. The molecule has 0 bridgehead atoms. The number of hydrogen-bond acceptors (Lipinski definition) is 4. The molecule has 24 heavy (non-hydrogen) atoms. The fourth-order valence-electron chi connectivity index (χ4n) is 4.34. The van der Waals surface area contributed by atoms with Crippen LogP contribution in [0, 0.1) is 18.3 Å². The topological polar surface area (TPSA) is 54.5 Å². The molecule has 2 atom stereocenters. The van der Waals surface area contributed by atoms with Crippen molar-refractivity contribution in [3.05, 3.63) is 29.7 Å². The molecule has 0 saturated carbocycles. The number of nitrogens with zero attached hydrogens (tertiary/aromatic N) is 4. The highest BCUT2D eigenvalue weighted by molar-refractivity contribution is 5.99. The van der Waals surface area contributed by atoms with Gasteiger partial charge in [0.1, 0.15) is 11.5 Å². The zero-order valence-corrected chi connectivity index (χ0v) is 14.7. The van der Waals surface area contributed by atoms with Gasteiger partial charge in [0.25, 0.3) is 5.91 Å². The molecule has 2 aliphatic heterocycles. The van der Waals surface area contributed by atoms with E-state index in [2.05, 4.69) is 24.0 Å². The maximum Gasteiger partial charge on any atom is 0.257 e. The normalized spacial score (nSPS) is 27.0. The van der Waals surface area contributed by atoms with Gasteiger partial charge < -0.3 is 14.2 Å². The number of aromatic nitrogens is 2. The van der Waals surface area contributed by atoms with E-state index in [0.29, 0.717) is 22.9 Å². The number of amides is 1. The van der Waals surface area contributed by atoms with Gasteiger partial charge in [-0.1, -0.05) is 6.92 Å². The van der Waals surface area contributed by atoms with Crippen molar-refractivity contribution in [3.8, 4) is 11.5 Å². The molecule has 2 saturated heterocycles. The van der Waals surface area contributed by atoms with E-state index >= 15 is 0 Å². The van der Waals surface area contributed by atoms with Gasteiger partial charge >= 0.3 is 0 Å². The molecule has 2 aliphatic rings. The number of likely N-dealkylation sites (tertiary alicyclic amines) is 2. The van der Waals surface area contributed by atoms with E-state index in [0.717, 1.165) is 31.9 Å². The average Bonchev–Trinajstić information content (AvgIpc) is 3.20. The fraction of sp³-hybridized carbons (Fsp3) is 0.556. The van der Waals surface area contributed by atoms with Crippen LogP contribution in [0.2, 0.25) is 0 Å². The Balaban J connectivity index is 1.62. The van der Waals surface area contributed by atoms with Crippen LogP contribution in [-0.2, 0) is 7.05 Å². The average molecular weight is 328 g/mol. The lowest BCUT2D eigenvalue weighted by molar-refractivity contribution is 0.0765. The zero-order valence-electron chi connectivity index (χ0n) is 14.7. The van der Waals surface area contributed by atoms with Crippen LogP contribution < -0.4 is 0 Å². The summed E-state index contributed by atoms with van der Waals surface area (Å²) >= 11 is 0. The first-order chi connectivity index (χ1) is 11.4. The van der Waals surface area contributed by atoms with Crippen molar-refractivity contribution in [1.82, 2.24) is 19.6 Å². The van der Waals surface area contributed by atoms with Gasteiger partial charge in [-0.15, -0.1) is 0 Å². The number of carbonyl (C=O) groups is 1. The second kappa shape index (κ2) is 5.21. The Labute approximate surface area is 142 Å². The van der Waals surface area contributed by atoms with E-state index in [4.69, 9.17) is 4.42 Å². The molecule has 0 aromatic carbocycles. The summed E-state index contributed by atoms with van der Waals surface area (Å²) in [5.41, 5.74) is 1.47. The third-order valence-electron chi connectivity index (χ3n) is 5.46. The molecule has 2 aromatic rings. The number of rotatable bonds is 2. The third kappa shape index (κ3) is 2.36. The van der Waals surface area contributed by atoms with E-state index in [1.54, 1.807) is 10.9 Å². The molecule has 0 spiro atoms. The molecule has 0 unspecified atom stereocenters. The van der Waals surface area contributed by atoms with E-state index in [1.807, 2.05) is 31.0 Å². The summed E-state index contributed by atoms with van der Waals surface area (Å²) in [5.74, 6) is 2.09. The van der Waals surface area contributed by atoms with E-state index in [-0.39, 0.29) is 11.3 Å². The molecule has 1 amide bonds. The lowest BCUT2D eigenvalue weighted by Crippen LogP contribution is -2.34. The van der Waals surface area contributed by atoms with E-state index in [1.165, 1.54) is 0 Å². The largest absolute Gasteiger partial charge is 0.460 e. The van der Waals surface area contributed by atoms with Gasteiger partial charge in [-0.25, -0.2) is 0 Å². The van der Waals surface area contributed by atoms with Crippen molar-refractivity contribution in [2.45, 2.75) is 13.8 Å². The molecule has 2 fully saturated rings. The summed E-state index contributed by atoms with van der Waals surface area (Å²) in [6.07, 6.45) is 1.80. The van der Waals surface area contributed by atoms with Gasteiger partial charge in [0.2, 0.25) is 0 Å².